The first-order chi connectivity index (χ1) is 48.4. The molecule has 518 valence electrons. The minimum atomic E-state index is 0. The van der Waals surface area contributed by atoms with Crippen LogP contribution in [0, 0.1) is 23.7 Å². The van der Waals surface area contributed by atoms with Crippen LogP contribution in [0.5, 0.6) is 0 Å². The second-order valence-electron chi connectivity index (χ2n) is 26.6. The summed E-state index contributed by atoms with van der Waals surface area (Å²) in [5, 5.41) is 19.7. The molecule has 28 heteroatoms. The Kier molecular flexibility index (Phi) is 19.7. The van der Waals surface area contributed by atoms with Crippen LogP contribution in [0.2, 0.25) is 0 Å². The summed E-state index contributed by atoms with van der Waals surface area (Å²) in [6.07, 6.45) is 25.4. The maximum atomic E-state index is 5.64. The second kappa shape index (κ2) is 29.3. The predicted molar refractivity (Wildman–Crippen MR) is 401 cm³/mol. The highest BCUT2D eigenvalue weighted by Crippen LogP contribution is 2.38. The number of piperidine rings is 4. The molecule has 0 radical (unpaired) electrons. The molecule has 100 heavy (non-hydrogen) atoms. The maximum Gasteiger partial charge on any atom is 0.194 e. The number of anilines is 7. The first-order valence-electron chi connectivity index (χ1n) is 34.0. The van der Waals surface area contributed by atoms with Crippen LogP contribution < -0.4 is 39.6 Å². The van der Waals surface area contributed by atoms with Crippen LogP contribution in [0.1, 0.15) is 60.8 Å². The maximum absolute atomic E-state index is 5.64. The molecule has 18 rings (SSSR count). The van der Waals surface area contributed by atoms with Crippen molar-refractivity contribution in [2.45, 2.75) is 85.0 Å². The van der Waals surface area contributed by atoms with E-state index < -0.39 is 0 Å². The lowest BCUT2D eigenvalue weighted by Gasteiger charge is -2.42. The zero-order valence-corrected chi connectivity index (χ0v) is 58.6. The molecule has 4 aliphatic heterocycles. The van der Waals surface area contributed by atoms with Gasteiger partial charge in [0.05, 0.1) is 46.9 Å². The van der Waals surface area contributed by atoms with Crippen LogP contribution >= 0.6 is 22.7 Å². The van der Waals surface area contributed by atoms with Gasteiger partial charge in [0.2, 0.25) is 0 Å². The van der Waals surface area contributed by atoms with Gasteiger partial charge in [-0.05, 0) is 115 Å². The fourth-order valence-electron chi connectivity index (χ4n) is 14.9. The Labute approximate surface area is 588 Å². The zero-order valence-electron chi connectivity index (χ0n) is 56.9. The molecule has 4 saturated heterocycles. The quantitative estimate of drug-likeness (QED) is 0.122. The molecule has 26 nitrogen and oxygen atoms in total. The van der Waals surface area contributed by atoms with E-state index in [0.717, 1.165) is 172 Å². The third-order valence-electron chi connectivity index (χ3n) is 20.8. The third-order valence-corrected chi connectivity index (χ3v) is 22.4. The summed E-state index contributed by atoms with van der Waals surface area (Å²) in [6, 6.07) is 21.7. The van der Waals surface area contributed by atoms with E-state index >= 15 is 0 Å². The summed E-state index contributed by atoms with van der Waals surface area (Å²) >= 11 is 3.33. The lowest BCUT2D eigenvalue weighted by Crippen LogP contribution is -2.51. The SMILES string of the molecule is C.C[C@@H]1CCN(c2ncnc3ccoc23)C[C@@H]1N(C)c1ncnc2ccoc12.C[C@@H]1CCN(c2ncnc3sccc23)C[C@@H]1N(C)c1ncnc2sccc12.C[C@@H]1CCN(c2ncnn3cccc23)C[C@@H]1N(C)c1ncnn2cccc12.C[C@@H]1CCNC[C@@H]1N(C)c1nccc2[nH]ccc12. The molecule has 0 unspecified atom stereocenters. The Balaban J connectivity index is 0.000000114. The molecule has 18 heterocycles. The largest absolute Gasteiger partial charge is 0.459 e. The van der Waals surface area contributed by atoms with Crippen molar-refractivity contribution in [2.75, 3.05) is 115 Å². The average molecular weight is 1380 g/mol. The van der Waals surface area contributed by atoms with Crippen LogP contribution in [0.3, 0.4) is 0 Å². The number of likely N-dealkylation sites (N-methyl/N-ethyl adjacent to an activating group) is 4. The van der Waals surface area contributed by atoms with Crippen LogP contribution in [0.4, 0.5) is 40.7 Å². The highest BCUT2D eigenvalue weighted by molar-refractivity contribution is 7.17. The number of rotatable bonds is 11. The van der Waals surface area contributed by atoms with Crippen LogP contribution in [-0.4, -0.2) is 184 Å². The molecule has 4 aliphatic rings. The number of aromatic nitrogens is 16. The van der Waals surface area contributed by atoms with E-state index in [2.05, 4.69) is 207 Å². The summed E-state index contributed by atoms with van der Waals surface area (Å²) in [7, 11) is 8.51. The van der Waals surface area contributed by atoms with Gasteiger partial charge in [0, 0.05) is 122 Å². The van der Waals surface area contributed by atoms with Gasteiger partial charge in [-0.15, -0.1) is 22.7 Å². The Hall–Kier alpha value is -10.2. The molecule has 14 aromatic heterocycles. The Morgan fingerprint density at radius 1 is 0.460 bits per heavy atom. The number of fused-ring (bicyclic) bond motifs is 7. The fraction of sp³-hybridized carbons (Fsp3) is 0.403. The van der Waals surface area contributed by atoms with Gasteiger partial charge in [0.15, 0.2) is 34.4 Å². The van der Waals surface area contributed by atoms with E-state index in [1.165, 1.54) is 11.8 Å². The fourth-order valence-corrected chi connectivity index (χ4v) is 16.4. The smallest absolute Gasteiger partial charge is 0.194 e. The third kappa shape index (κ3) is 13.2. The molecule has 0 aliphatic carbocycles. The van der Waals surface area contributed by atoms with Crippen LogP contribution in [0.15, 0.2) is 156 Å². The van der Waals surface area contributed by atoms with E-state index in [1.54, 1.807) is 73.2 Å². The first kappa shape index (κ1) is 67.0. The van der Waals surface area contributed by atoms with Crippen molar-refractivity contribution in [1.29, 1.82) is 0 Å². The number of H-pyrrole nitrogens is 1. The molecule has 2 N–H and O–H groups in total. The summed E-state index contributed by atoms with van der Waals surface area (Å²) in [5.41, 5.74) is 6.34. The highest BCUT2D eigenvalue weighted by Gasteiger charge is 2.36. The Morgan fingerprint density at radius 3 is 1.68 bits per heavy atom. The van der Waals surface area contributed by atoms with Crippen molar-refractivity contribution in [3.05, 3.63) is 147 Å². The van der Waals surface area contributed by atoms with Gasteiger partial charge in [0.25, 0.3) is 0 Å². The zero-order chi connectivity index (χ0) is 67.7. The summed E-state index contributed by atoms with van der Waals surface area (Å²) in [5.74, 6) is 9.10. The summed E-state index contributed by atoms with van der Waals surface area (Å²) in [4.78, 5) is 70.8. The lowest BCUT2D eigenvalue weighted by atomic mass is 9.92. The number of nitrogens with one attached hydrogen (secondary N) is 2. The van der Waals surface area contributed by atoms with Crippen LogP contribution in [0.25, 0.3) is 64.6 Å². The second-order valence-corrected chi connectivity index (χ2v) is 28.4. The molecule has 0 spiro atoms. The molecule has 0 amide bonds. The molecular weight excluding hydrogens is 1300 g/mol. The topological polar surface area (TPSA) is 253 Å². The van der Waals surface area contributed by atoms with Gasteiger partial charge in [0.1, 0.15) is 87.1 Å². The number of nitrogens with zero attached hydrogens (tertiary/aromatic N) is 22. The normalized spacial score (nSPS) is 20.9. The molecule has 0 aromatic carbocycles. The van der Waals surface area contributed by atoms with Crippen LogP contribution in [-0.2, 0) is 0 Å². The Morgan fingerprint density at radius 2 is 0.970 bits per heavy atom. The monoisotopic (exact) mass is 1380 g/mol. The number of pyridine rings is 1. The average Bonchev–Trinajstić information content (AvgIpc) is 1.81. The van der Waals surface area contributed by atoms with Crippen molar-refractivity contribution >= 4 is 128 Å². The van der Waals surface area contributed by atoms with E-state index in [-0.39, 0.29) is 13.5 Å². The van der Waals surface area contributed by atoms with Gasteiger partial charge >= 0.3 is 0 Å². The van der Waals surface area contributed by atoms with Gasteiger partial charge < -0.3 is 53.4 Å². The van der Waals surface area contributed by atoms with E-state index in [9.17, 15) is 0 Å². The number of thiophene rings is 2. The van der Waals surface area contributed by atoms with Gasteiger partial charge in [-0.25, -0.2) is 63.9 Å². The van der Waals surface area contributed by atoms with Crippen molar-refractivity contribution in [1.82, 2.24) is 84.4 Å². The standard InChI is InChI=1S/C19H22N8.C19H20N6O2.C19H20N6S2.C14H20N4.CH4/c1-14-7-10-25(19-16-6-4-9-27(16)23-13-21-19)11-17(14)24(2)18-15-5-3-8-26(15)22-12-20-18;1-12-3-6-25(19-17-14(5-8-27-17)21-11-23-19)9-15(12)24(2)18-16-13(4-7-26-16)20-10-22-18;1-12-3-6-25(17-14-5-8-27-19(14)23-11-21-17)9-15(12)24(2)16-13-4-7-26-18(13)22-10-20-16;1-10-3-6-15-9-13(10)18(2)14-11-4-7-16-12(11)5-8-17-14;/h3-6,8-9,12-14,17H,7,10-11H2,1-2H3;2*4-5,7-8,10-12,15H,3,6,9H2,1-2H3;4-5,7-8,10,13,15-16H,3,6,9H2,1-2H3;1H4/t14-,17+;2*12-,15+;10-,13+;/m1111./s1. The van der Waals surface area contributed by atoms with Crippen molar-refractivity contribution in [3.8, 4) is 0 Å². The van der Waals surface area contributed by atoms with E-state index in [1.807, 2.05) is 64.2 Å². The number of hydrogen-bond donors (Lipinski definition) is 2. The summed E-state index contributed by atoms with van der Waals surface area (Å²) < 4.78 is 15.0. The minimum absolute atomic E-state index is 0. The van der Waals surface area contributed by atoms with Gasteiger partial charge in [-0.3, -0.25) is 0 Å². The van der Waals surface area contributed by atoms with Gasteiger partial charge in [-0.1, -0.05) is 35.1 Å². The minimum Gasteiger partial charge on any atom is -0.459 e. The lowest BCUT2D eigenvalue weighted by molar-refractivity contribution is 0.338. The molecule has 0 bridgehead atoms. The first-order valence-corrected chi connectivity index (χ1v) is 35.8. The van der Waals surface area contributed by atoms with Crippen molar-refractivity contribution < 1.29 is 8.83 Å². The predicted octanol–water partition coefficient (Wildman–Crippen LogP) is 11.9. The molecule has 14 aromatic rings. The Bertz CT molecular complexity index is 4610. The van der Waals surface area contributed by atoms with E-state index in [4.69, 9.17) is 8.83 Å². The molecule has 0 saturated carbocycles. The molecule has 8 atom stereocenters. The molecular formula is C72H86N24O2S2. The van der Waals surface area contributed by atoms with Crippen molar-refractivity contribution in [2.24, 2.45) is 23.7 Å². The van der Waals surface area contributed by atoms with Crippen molar-refractivity contribution in [3.63, 3.8) is 0 Å². The number of furan rings is 2. The van der Waals surface area contributed by atoms with E-state index in [0.29, 0.717) is 41.8 Å². The molecule has 4 fully saturated rings. The summed E-state index contributed by atoms with van der Waals surface area (Å²) in [6.45, 7) is 17.0. The number of hydrogen-bond acceptors (Lipinski definition) is 25. The highest BCUT2D eigenvalue weighted by atomic mass is 32.1. The number of aromatic amines is 1. The van der Waals surface area contributed by atoms with Gasteiger partial charge in [-0.2, -0.15) is 10.2 Å².